The van der Waals surface area contributed by atoms with Crippen LogP contribution in [-0.2, 0) is 11.3 Å². The minimum absolute atomic E-state index is 0.0962. The van der Waals surface area contributed by atoms with Crippen molar-refractivity contribution >= 4 is 5.91 Å². The van der Waals surface area contributed by atoms with Gasteiger partial charge in [0.25, 0.3) is 0 Å². The summed E-state index contributed by atoms with van der Waals surface area (Å²) in [5, 5.41) is 0. The topological polar surface area (TPSA) is 46.3 Å². The molecule has 1 unspecified atom stereocenters. The molecule has 3 heteroatoms. The van der Waals surface area contributed by atoms with Crippen LogP contribution in [-0.4, -0.2) is 23.4 Å². The number of nitrogens with two attached hydrogens (primary N) is 1. The van der Waals surface area contributed by atoms with Gasteiger partial charge in [0.05, 0.1) is 6.04 Å². The summed E-state index contributed by atoms with van der Waals surface area (Å²) in [6.07, 6.45) is 2.21. The quantitative estimate of drug-likeness (QED) is 0.841. The van der Waals surface area contributed by atoms with Crippen molar-refractivity contribution in [1.29, 1.82) is 0 Å². The zero-order valence-electron chi connectivity index (χ0n) is 10.3. The molecule has 1 aromatic carbocycles. The summed E-state index contributed by atoms with van der Waals surface area (Å²) < 4.78 is 0. The van der Waals surface area contributed by atoms with Crippen LogP contribution in [0.4, 0.5) is 0 Å². The van der Waals surface area contributed by atoms with Gasteiger partial charge >= 0.3 is 0 Å². The van der Waals surface area contributed by atoms with Crippen LogP contribution in [0.5, 0.6) is 0 Å². The largest absolute Gasteiger partial charge is 0.337 e. The molecule has 2 N–H and O–H groups in total. The molecule has 2 rings (SSSR count). The first-order chi connectivity index (χ1) is 8.22. The number of nitrogens with zero attached hydrogens (tertiary/aromatic N) is 1. The van der Waals surface area contributed by atoms with Crippen LogP contribution in [0, 0.1) is 5.92 Å². The molecule has 1 saturated carbocycles. The average molecular weight is 232 g/mol. The molecule has 0 bridgehead atoms. The monoisotopic (exact) mass is 232 g/mol. The fourth-order valence-electron chi connectivity index (χ4n) is 2.02. The zero-order valence-corrected chi connectivity index (χ0v) is 10.3. The number of rotatable bonds is 5. The van der Waals surface area contributed by atoms with Crippen LogP contribution in [0.3, 0.4) is 0 Å². The number of amides is 1. The van der Waals surface area contributed by atoms with Gasteiger partial charge in [-0.15, -0.1) is 0 Å². The van der Waals surface area contributed by atoms with Crippen LogP contribution in [0.15, 0.2) is 30.3 Å². The average Bonchev–Trinajstić information content (AvgIpc) is 3.19. The van der Waals surface area contributed by atoms with E-state index in [4.69, 9.17) is 5.73 Å². The number of carbonyl (C=O) groups is 1. The lowest BCUT2D eigenvalue weighted by Crippen LogP contribution is -2.44. The van der Waals surface area contributed by atoms with Crippen molar-refractivity contribution < 1.29 is 4.79 Å². The summed E-state index contributed by atoms with van der Waals surface area (Å²) >= 11 is 0. The third-order valence-electron chi connectivity index (χ3n) is 3.32. The summed E-state index contributed by atoms with van der Waals surface area (Å²) in [7, 11) is 0. The lowest BCUT2D eigenvalue weighted by molar-refractivity contribution is -0.133. The van der Waals surface area contributed by atoms with Crippen molar-refractivity contribution in [1.82, 2.24) is 4.90 Å². The van der Waals surface area contributed by atoms with Crippen LogP contribution in [0.1, 0.15) is 25.3 Å². The van der Waals surface area contributed by atoms with Gasteiger partial charge in [0.2, 0.25) is 5.91 Å². The van der Waals surface area contributed by atoms with Crippen molar-refractivity contribution in [3.63, 3.8) is 0 Å². The molecule has 0 spiro atoms. The lowest BCUT2D eigenvalue weighted by atomic mass is 10.1. The first-order valence-corrected chi connectivity index (χ1v) is 6.30. The molecule has 1 atom stereocenters. The van der Waals surface area contributed by atoms with Gasteiger partial charge < -0.3 is 10.6 Å². The molecule has 1 amide bonds. The van der Waals surface area contributed by atoms with E-state index >= 15 is 0 Å². The second kappa shape index (κ2) is 5.32. The highest BCUT2D eigenvalue weighted by Gasteiger charge is 2.35. The Hall–Kier alpha value is -1.35. The Morgan fingerprint density at radius 2 is 2.06 bits per heavy atom. The number of likely N-dealkylation sites (N-methyl/N-ethyl adjacent to an activating group) is 1. The molecule has 1 aliphatic rings. The van der Waals surface area contributed by atoms with Gasteiger partial charge in [-0.3, -0.25) is 4.79 Å². The Labute approximate surface area is 103 Å². The molecule has 3 nitrogen and oxygen atoms in total. The normalized spacial score (nSPS) is 16.6. The zero-order chi connectivity index (χ0) is 12.3. The first kappa shape index (κ1) is 12.1. The van der Waals surface area contributed by atoms with Crippen LogP contribution < -0.4 is 5.73 Å². The number of carbonyl (C=O) groups excluding carboxylic acids is 1. The standard InChI is InChI=1S/C14H20N2O/c1-2-16(10-11-6-4-3-5-7-11)14(17)13(15)12-8-9-12/h3-7,12-13H,2,8-10,15H2,1H3. The van der Waals surface area contributed by atoms with Crippen molar-refractivity contribution in [3.05, 3.63) is 35.9 Å². The molecule has 0 aliphatic heterocycles. The van der Waals surface area contributed by atoms with Crippen LogP contribution >= 0.6 is 0 Å². The molecule has 1 fully saturated rings. The van der Waals surface area contributed by atoms with E-state index in [9.17, 15) is 4.79 Å². The second-order valence-corrected chi connectivity index (χ2v) is 4.70. The summed E-state index contributed by atoms with van der Waals surface area (Å²) in [4.78, 5) is 14.0. The molecule has 0 heterocycles. The molecule has 17 heavy (non-hydrogen) atoms. The number of hydrogen-bond acceptors (Lipinski definition) is 2. The summed E-state index contributed by atoms with van der Waals surface area (Å²) in [5.41, 5.74) is 7.12. The highest BCUT2D eigenvalue weighted by Crippen LogP contribution is 2.32. The van der Waals surface area contributed by atoms with Crippen LogP contribution in [0.25, 0.3) is 0 Å². The molecule has 1 aromatic rings. The summed E-state index contributed by atoms with van der Waals surface area (Å²) in [6.45, 7) is 3.38. The highest BCUT2D eigenvalue weighted by atomic mass is 16.2. The Morgan fingerprint density at radius 3 is 2.59 bits per heavy atom. The van der Waals surface area contributed by atoms with Gasteiger partial charge in [-0.05, 0) is 31.2 Å². The van der Waals surface area contributed by atoms with Crippen molar-refractivity contribution in [3.8, 4) is 0 Å². The molecule has 0 saturated heterocycles. The first-order valence-electron chi connectivity index (χ1n) is 6.30. The van der Waals surface area contributed by atoms with Crippen molar-refractivity contribution in [2.45, 2.75) is 32.4 Å². The van der Waals surface area contributed by atoms with Gasteiger partial charge in [0, 0.05) is 13.1 Å². The summed E-state index contributed by atoms with van der Waals surface area (Å²) in [5.74, 6) is 0.520. The van der Waals surface area contributed by atoms with E-state index in [-0.39, 0.29) is 11.9 Å². The van der Waals surface area contributed by atoms with Gasteiger partial charge in [0.15, 0.2) is 0 Å². The van der Waals surface area contributed by atoms with Crippen molar-refractivity contribution in [2.24, 2.45) is 11.7 Å². The lowest BCUT2D eigenvalue weighted by Gasteiger charge is -2.24. The van der Waals surface area contributed by atoms with E-state index < -0.39 is 0 Å². The van der Waals surface area contributed by atoms with E-state index in [1.807, 2.05) is 42.2 Å². The Morgan fingerprint density at radius 1 is 1.41 bits per heavy atom. The number of benzene rings is 1. The Kier molecular flexibility index (Phi) is 3.79. The molecular weight excluding hydrogens is 212 g/mol. The predicted molar refractivity (Wildman–Crippen MR) is 68.2 cm³/mol. The minimum Gasteiger partial charge on any atom is -0.337 e. The maximum atomic E-state index is 12.2. The molecule has 0 radical (unpaired) electrons. The fourth-order valence-corrected chi connectivity index (χ4v) is 2.02. The Bertz CT molecular complexity index is 373. The van der Waals surface area contributed by atoms with E-state index in [0.29, 0.717) is 19.0 Å². The Balaban J connectivity index is 1.98. The maximum absolute atomic E-state index is 12.2. The highest BCUT2D eigenvalue weighted by molar-refractivity contribution is 5.82. The smallest absolute Gasteiger partial charge is 0.240 e. The van der Waals surface area contributed by atoms with E-state index in [2.05, 4.69) is 0 Å². The number of hydrogen-bond donors (Lipinski definition) is 1. The van der Waals surface area contributed by atoms with Crippen LogP contribution in [0.2, 0.25) is 0 Å². The van der Waals surface area contributed by atoms with Gasteiger partial charge in [-0.25, -0.2) is 0 Å². The van der Waals surface area contributed by atoms with Crippen molar-refractivity contribution in [2.75, 3.05) is 6.54 Å². The SMILES string of the molecule is CCN(Cc1ccccc1)C(=O)C(N)C1CC1. The minimum atomic E-state index is -0.293. The second-order valence-electron chi connectivity index (χ2n) is 4.70. The molecular formula is C14H20N2O. The van der Waals surface area contributed by atoms with Gasteiger partial charge in [-0.1, -0.05) is 30.3 Å². The van der Waals surface area contributed by atoms with E-state index in [0.717, 1.165) is 18.4 Å². The van der Waals surface area contributed by atoms with Gasteiger partial charge in [0.1, 0.15) is 0 Å². The molecule has 0 aromatic heterocycles. The summed E-state index contributed by atoms with van der Waals surface area (Å²) in [6, 6.07) is 9.76. The fraction of sp³-hybridized carbons (Fsp3) is 0.500. The molecule has 1 aliphatic carbocycles. The third kappa shape index (κ3) is 3.07. The van der Waals surface area contributed by atoms with E-state index in [1.165, 1.54) is 0 Å². The van der Waals surface area contributed by atoms with Gasteiger partial charge in [-0.2, -0.15) is 0 Å². The van der Waals surface area contributed by atoms with E-state index in [1.54, 1.807) is 0 Å². The molecule has 92 valence electrons. The third-order valence-corrected chi connectivity index (χ3v) is 3.32. The maximum Gasteiger partial charge on any atom is 0.240 e. The predicted octanol–water partition coefficient (Wildman–Crippen LogP) is 1.77.